The predicted octanol–water partition coefficient (Wildman–Crippen LogP) is -0.113. The summed E-state index contributed by atoms with van der Waals surface area (Å²) in [4.78, 5) is 14.6. The quantitative estimate of drug-likeness (QED) is 0.534. The van der Waals surface area contributed by atoms with Gasteiger partial charge in [-0.1, -0.05) is 0 Å². The van der Waals surface area contributed by atoms with Crippen molar-refractivity contribution in [2.24, 2.45) is 0 Å². The van der Waals surface area contributed by atoms with E-state index in [0.717, 1.165) is 25.9 Å². The number of imidazole rings is 1. The molecule has 0 spiro atoms. The van der Waals surface area contributed by atoms with E-state index in [0.29, 0.717) is 15.9 Å². The fraction of sp³-hybridized carbons (Fsp3) is 0.455. The minimum absolute atomic E-state index is 0.180. The van der Waals surface area contributed by atoms with Gasteiger partial charge in [-0.05, 0) is 38.1 Å². The Morgan fingerprint density at radius 1 is 1.41 bits per heavy atom. The number of rotatable bonds is 1. The molecule has 1 saturated heterocycles. The number of nitrogens with one attached hydrogen (secondary N) is 2. The minimum atomic E-state index is -0.192. The Kier molecular flexibility index (Phi) is 2.36. The Balaban J connectivity index is 2.18. The maximum absolute atomic E-state index is 11.9. The molecule has 17 heavy (non-hydrogen) atoms. The lowest BCUT2D eigenvalue weighted by molar-refractivity contribution is -0.579. The molecule has 0 atom stereocenters. The van der Waals surface area contributed by atoms with Gasteiger partial charge in [0.25, 0.3) is 0 Å². The number of fused-ring (bicyclic) bond motifs is 1. The molecule has 0 aliphatic carbocycles. The molecule has 2 aromatic heterocycles. The van der Waals surface area contributed by atoms with Gasteiger partial charge in [0.15, 0.2) is 0 Å². The summed E-state index contributed by atoms with van der Waals surface area (Å²) < 4.78 is 2.42. The molecule has 0 amide bonds. The van der Waals surface area contributed by atoms with Crippen molar-refractivity contribution in [3.05, 3.63) is 34.0 Å². The largest absolute Gasteiger partial charge is 0.711 e. The number of hydrogen-bond acceptors (Lipinski definition) is 3. The van der Waals surface area contributed by atoms with Crippen LogP contribution in [0.15, 0.2) is 23.1 Å². The monoisotopic (exact) mass is 234 g/mol. The lowest BCUT2D eigenvalue weighted by Gasteiger charge is -2.22. The Morgan fingerprint density at radius 3 is 2.94 bits per heavy atom. The first kappa shape index (κ1) is 10.3. The SMILES string of the molecule is O=c1[nH]c2c(ccc[n+]2[O-])n1C1CCNCC1. The van der Waals surface area contributed by atoms with Crippen LogP contribution in [0.2, 0.25) is 0 Å². The van der Waals surface area contributed by atoms with Crippen molar-refractivity contribution in [1.82, 2.24) is 14.9 Å². The van der Waals surface area contributed by atoms with Gasteiger partial charge in [0.1, 0.15) is 5.52 Å². The molecule has 1 fully saturated rings. The zero-order valence-corrected chi connectivity index (χ0v) is 9.35. The van der Waals surface area contributed by atoms with Gasteiger partial charge in [-0.2, -0.15) is 4.98 Å². The van der Waals surface area contributed by atoms with Crippen LogP contribution in [0.25, 0.3) is 11.2 Å². The molecule has 3 heterocycles. The molecule has 0 radical (unpaired) electrons. The molecule has 90 valence electrons. The first-order valence-electron chi connectivity index (χ1n) is 5.80. The van der Waals surface area contributed by atoms with Crippen LogP contribution >= 0.6 is 0 Å². The summed E-state index contributed by atoms with van der Waals surface area (Å²) in [7, 11) is 0. The fourth-order valence-corrected chi connectivity index (χ4v) is 2.49. The highest BCUT2D eigenvalue weighted by molar-refractivity contribution is 5.67. The maximum atomic E-state index is 11.9. The normalized spacial score (nSPS) is 17.6. The number of aromatic amines is 1. The van der Waals surface area contributed by atoms with E-state index in [9.17, 15) is 10.0 Å². The number of piperidine rings is 1. The van der Waals surface area contributed by atoms with Crippen molar-refractivity contribution in [2.75, 3.05) is 13.1 Å². The Hall–Kier alpha value is -1.82. The lowest BCUT2D eigenvalue weighted by atomic mass is 10.1. The van der Waals surface area contributed by atoms with E-state index >= 15 is 0 Å². The van der Waals surface area contributed by atoms with Crippen LogP contribution in [-0.2, 0) is 0 Å². The van der Waals surface area contributed by atoms with Crippen LogP contribution in [0.5, 0.6) is 0 Å². The van der Waals surface area contributed by atoms with E-state index < -0.39 is 0 Å². The summed E-state index contributed by atoms with van der Waals surface area (Å²) in [6.45, 7) is 1.82. The van der Waals surface area contributed by atoms with Gasteiger partial charge in [0.05, 0.1) is 6.20 Å². The molecule has 0 saturated carbocycles. The van der Waals surface area contributed by atoms with E-state index in [1.54, 1.807) is 10.6 Å². The zero-order valence-electron chi connectivity index (χ0n) is 9.35. The van der Waals surface area contributed by atoms with Gasteiger partial charge in [-0.25, -0.2) is 9.52 Å². The number of aromatic nitrogens is 3. The highest BCUT2D eigenvalue weighted by Crippen LogP contribution is 2.20. The van der Waals surface area contributed by atoms with Crippen LogP contribution in [0.3, 0.4) is 0 Å². The fourth-order valence-electron chi connectivity index (χ4n) is 2.49. The second-order valence-electron chi connectivity index (χ2n) is 4.35. The Labute approximate surface area is 97.5 Å². The molecule has 6 nitrogen and oxygen atoms in total. The Morgan fingerprint density at radius 2 is 2.18 bits per heavy atom. The van der Waals surface area contributed by atoms with E-state index in [4.69, 9.17) is 0 Å². The summed E-state index contributed by atoms with van der Waals surface area (Å²) in [5.74, 6) is 0. The minimum Gasteiger partial charge on any atom is -0.711 e. The number of H-pyrrole nitrogens is 1. The molecule has 0 unspecified atom stereocenters. The van der Waals surface area contributed by atoms with Gasteiger partial charge in [-0.3, -0.25) is 4.57 Å². The van der Waals surface area contributed by atoms with Crippen LogP contribution in [0.1, 0.15) is 18.9 Å². The van der Waals surface area contributed by atoms with Gasteiger partial charge < -0.3 is 10.5 Å². The molecule has 0 aromatic carbocycles. The van der Waals surface area contributed by atoms with Gasteiger partial charge in [-0.15, -0.1) is 0 Å². The molecule has 0 bridgehead atoms. The smallest absolute Gasteiger partial charge is 0.414 e. The van der Waals surface area contributed by atoms with Crippen molar-refractivity contribution >= 4 is 11.2 Å². The van der Waals surface area contributed by atoms with Crippen LogP contribution < -0.4 is 15.7 Å². The van der Waals surface area contributed by atoms with Gasteiger partial charge in [0.2, 0.25) is 0 Å². The molecule has 6 heteroatoms. The van der Waals surface area contributed by atoms with E-state index in [1.807, 2.05) is 6.07 Å². The van der Waals surface area contributed by atoms with Gasteiger partial charge >= 0.3 is 11.3 Å². The standard InChI is InChI=1S/C11H14N4O2/c16-11-13-10-9(2-1-7-14(10)17)15(11)8-3-5-12-6-4-8/h1-2,7-8,12H,3-6H2,(H,13,16). The van der Waals surface area contributed by atoms with Crippen LogP contribution in [-0.4, -0.2) is 22.6 Å². The molecular formula is C11H14N4O2. The average molecular weight is 234 g/mol. The highest BCUT2D eigenvalue weighted by Gasteiger charge is 2.22. The molecule has 3 rings (SSSR count). The second-order valence-corrected chi connectivity index (χ2v) is 4.35. The van der Waals surface area contributed by atoms with Crippen molar-refractivity contribution in [3.8, 4) is 0 Å². The molecule has 2 N–H and O–H groups in total. The van der Waals surface area contributed by atoms with Crippen molar-refractivity contribution in [1.29, 1.82) is 0 Å². The maximum Gasteiger partial charge on any atom is 0.414 e. The first-order chi connectivity index (χ1) is 8.27. The predicted molar refractivity (Wildman–Crippen MR) is 62.7 cm³/mol. The van der Waals surface area contributed by atoms with Crippen molar-refractivity contribution in [3.63, 3.8) is 0 Å². The average Bonchev–Trinajstić information content (AvgIpc) is 2.68. The summed E-state index contributed by atoms with van der Waals surface area (Å²) >= 11 is 0. The van der Waals surface area contributed by atoms with E-state index in [2.05, 4.69) is 10.3 Å². The third-order valence-electron chi connectivity index (χ3n) is 3.32. The molecule has 2 aromatic rings. The highest BCUT2D eigenvalue weighted by atomic mass is 16.5. The number of pyridine rings is 1. The third kappa shape index (κ3) is 1.61. The summed E-state index contributed by atoms with van der Waals surface area (Å²) in [6.07, 6.45) is 3.23. The Bertz CT molecular complexity index is 595. The van der Waals surface area contributed by atoms with E-state index in [-0.39, 0.29) is 11.7 Å². The third-order valence-corrected chi connectivity index (χ3v) is 3.32. The summed E-state index contributed by atoms with van der Waals surface area (Å²) in [5, 5.41) is 14.8. The van der Waals surface area contributed by atoms with E-state index in [1.165, 1.54) is 6.20 Å². The summed E-state index contributed by atoms with van der Waals surface area (Å²) in [6, 6.07) is 3.66. The lowest BCUT2D eigenvalue weighted by Crippen LogP contribution is -2.33. The second kappa shape index (κ2) is 3.89. The van der Waals surface area contributed by atoms with Gasteiger partial charge in [0, 0.05) is 6.04 Å². The zero-order chi connectivity index (χ0) is 11.8. The van der Waals surface area contributed by atoms with Crippen molar-refractivity contribution in [2.45, 2.75) is 18.9 Å². The molecule has 1 aliphatic heterocycles. The molecular weight excluding hydrogens is 220 g/mol. The summed E-state index contributed by atoms with van der Waals surface area (Å²) in [5.41, 5.74) is 0.845. The topological polar surface area (TPSA) is 76.8 Å². The van der Waals surface area contributed by atoms with Crippen LogP contribution in [0.4, 0.5) is 0 Å². The van der Waals surface area contributed by atoms with Crippen LogP contribution in [0, 0.1) is 5.21 Å². The number of nitrogens with zero attached hydrogens (tertiary/aromatic N) is 2. The molecule has 1 aliphatic rings. The first-order valence-corrected chi connectivity index (χ1v) is 5.80. The van der Waals surface area contributed by atoms with Crippen molar-refractivity contribution < 1.29 is 4.73 Å². The number of hydrogen-bond donors (Lipinski definition) is 2.